The molecular weight excluding hydrogens is 417 g/mol. The molecule has 1 aromatic rings. The molecule has 1 aliphatic rings. The molecule has 0 spiro atoms. The molecule has 0 aromatic carbocycles. The second-order valence-electron chi connectivity index (χ2n) is 6.74. The molecule has 1 heterocycles. The molecule has 1 fully saturated rings. The smallest absolute Gasteiger partial charge is 0.191 e. The quantitative estimate of drug-likeness (QED) is 0.382. The standard InChI is InChI=1S/C17H31N5O.HI/c1-5-18-16(20-13-17(2,3)23-4)19-12-14-10-11-22(21-14)15-8-6-7-9-15;/h10-11,15H,5-9,12-13H2,1-4H3,(H2,18,19,20);1H. The van der Waals surface area contributed by atoms with Crippen LogP contribution in [0.15, 0.2) is 17.3 Å². The summed E-state index contributed by atoms with van der Waals surface area (Å²) in [5, 5.41) is 11.3. The lowest BCUT2D eigenvalue weighted by molar-refractivity contribution is 0.0268. The Morgan fingerprint density at radius 3 is 2.71 bits per heavy atom. The van der Waals surface area contributed by atoms with Gasteiger partial charge in [-0.15, -0.1) is 24.0 Å². The minimum atomic E-state index is -0.222. The lowest BCUT2D eigenvalue weighted by atomic mass is 10.1. The van der Waals surface area contributed by atoms with Crippen LogP contribution in [0.2, 0.25) is 0 Å². The molecule has 0 aliphatic heterocycles. The van der Waals surface area contributed by atoms with E-state index in [9.17, 15) is 0 Å². The molecule has 0 saturated heterocycles. The number of hydrogen-bond donors (Lipinski definition) is 2. The highest BCUT2D eigenvalue weighted by Gasteiger charge is 2.18. The van der Waals surface area contributed by atoms with Gasteiger partial charge in [0.2, 0.25) is 0 Å². The van der Waals surface area contributed by atoms with Crippen molar-refractivity contribution in [2.75, 3.05) is 20.2 Å². The van der Waals surface area contributed by atoms with E-state index >= 15 is 0 Å². The van der Waals surface area contributed by atoms with Crippen LogP contribution < -0.4 is 10.6 Å². The normalized spacial score (nSPS) is 16.1. The van der Waals surface area contributed by atoms with Crippen molar-refractivity contribution in [3.63, 3.8) is 0 Å². The summed E-state index contributed by atoms with van der Waals surface area (Å²) in [6, 6.07) is 2.66. The third-order valence-corrected chi connectivity index (χ3v) is 4.34. The number of nitrogens with one attached hydrogen (secondary N) is 2. The fourth-order valence-corrected chi connectivity index (χ4v) is 2.70. The SMILES string of the molecule is CCNC(=NCc1ccn(C2CCCC2)n1)NCC(C)(C)OC.I. The fraction of sp³-hybridized carbons (Fsp3) is 0.765. The molecule has 0 atom stereocenters. The zero-order valence-electron chi connectivity index (χ0n) is 15.3. The van der Waals surface area contributed by atoms with Gasteiger partial charge in [0.25, 0.3) is 0 Å². The van der Waals surface area contributed by atoms with Crippen molar-refractivity contribution < 1.29 is 4.74 Å². The summed E-state index contributed by atoms with van der Waals surface area (Å²) < 4.78 is 7.55. The van der Waals surface area contributed by atoms with Crippen molar-refractivity contribution in [1.82, 2.24) is 20.4 Å². The summed E-state index contributed by atoms with van der Waals surface area (Å²) in [6.45, 7) is 8.28. The van der Waals surface area contributed by atoms with Gasteiger partial charge >= 0.3 is 0 Å². The van der Waals surface area contributed by atoms with E-state index in [1.165, 1.54) is 25.7 Å². The van der Waals surface area contributed by atoms with Crippen LogP contribution in [0.5, 0.6) is 0 Å². The molecule has 1 aliphatic carbocycles. The first-order chi connectivity index (χ1) is 11.0. The Kier molecular flexibility index (Phi) is 9.04. The molecule has 0 bridgehead atoms. The number of nitrogens with zero attached hydrogens (tertiary/aromatic N) is 3. The maximum atomic E-state index is 5.43. The zero-order chi connectivity index (χ0) is 16.7. The van der Waals surface area contributed by atoms with Crippen LogP contribution in [0, 0.1) is 0 Å². The minimum absolute atomic E-state index is 0. The van der Waals surface area contributed by atoms with Crippen molar-refractivity contribution in [1.29, 1.82) is 0 Å². The summed E-state index contributed by atoms with van der Waals surface area (Å²) in [5.41, 5.74) is 0.792. The van der Waals surface area contributed by atoms with Crippen molar-refractivity contribution in [2.24, 2.45) is 4.99 Å². The van der Waals surface area contributed by atoms with E-state index in [4.69, 9.17) is 4.74 Å². The molecule has 0 amide bonds. The Bertz CT molecular complexity index is 509. The van der Waals surface area contributed by atoms with Crippen molar-refractivity contribution >= 4 is 29.9 Å². The third kappa shape index (κ3) is 6.58. The lowest BCUT2D eigenvalue weighted by Gasteiger charge is -2.24. The zero-order valence-corrected chi connectivity index (χ0v) is 17.7. The van der Waals surface area contributed by atoms with E-state index < -0.39 is 0 Å². The molecule has 1 saturated carbocycles. The number of hydrogen-bond acceptors (Lipinski definition) is 3. The number of ether oxygens (including phenoxy) is 1. The molecule has 0 unspecified atom stereocenters. The van der Waals surface area contributed by atoms with Gasteiger partial charge in [0.15, 0.2) is 5.96 Å². The van der Waals surface area contributed by atoms with Crippen LogP contribution in [-0.2, 0) is 11.3 Å². The molecular formula is C17H32IN5O. The third-order valence-electron chi connectivity index (χ3n) is 4.34. The topological polar surface area (TPSA) is 63.5 Å². The molecule has 2 rings (SSSR count). The van der Waals surface area contributed by atoms with Crippen LogP contribution in [0.4, 0.5) is 0 Å². The van der Waals surface area contributed by atoms with Gasteiger partial charge in [-0.3, -0.25) is 4.68 Å². The number of aliphatic imine (C=N–C) groups is 1. The fourth-order valence-electron chi connectivity index (χ4n) is 2.70. The Labute approximate surface area is 162 Å². The molecule has 1 aromatic heterocycles. The summed E-state index contributed by atoms with van der Waals surface area (Å²) in [4.78, 5) is 4.62. The van der Waals surface area contributed by atoms with Crippen molar-refractivity contribution in [3.8, 4) is 0 Å². The first kappa shape index (κ1) is 21.2. The molecule has 0 radical (unpaired) electrons. The molecule has 2 N–H and O–H groups in total. The highest BCUT2D eigenvalue weighted by atomic mass is 127. The van der Waals surface area contributed by atoms with Crippen LogP contribution in [-0.4, -0.2) is 41.5 Å². The number of halogens is 1. The van der Waals surface area contributed by atoms with Gasteiger partial charge < -0.3 is 15.4 Å². The second kappa shape index (κ2) is 10.2. The van der Waals surface area contributed by atoms with E-state index in [-0.39, 0.29) is 29.6 Å². The first-order valence-corrected chi connectivity index (χ1v) is 8.65. The second-order valence-corrected chi connectivity index (χ2v) is 6.74. The Morgan fingerprint density at radius 2 is 2.08 bits per heavy atom. The number of rotatable bonds is 7. The highest BCUT2D eigenvalue weighted by molar-refractivity contribution is 14.0. The van der Waals surface area contributed by atoms with Gasteiger partial charge in [0.05, 0.1) is 23.9 Å². The Balaban J connectivity index is 0.00000288. The monoisotopic (exact) mass is 449 g/mol. The average Bonchev–Trinajstić information content (AvgIpc) is 3.20. The molecule has 7 heteroatoms. The van der Waals surface area contributed by atoms with Gasteiger partial charge in [0, 0.05) is 26.4 Å². The van der Waals surface area contributed by atoms with Crippen LogP contribution in [0.3, 0.4) is 0 Å². The van der Waals surface area contributed by atoms with Crippen molar-refractivity contribution in [2.45, 2.75) is 64.6 Å². The predicted molar refractivity (Wildman–Crippen MR) is 109 cm³/mol. The Hall–Kier alpha value is -0.830. The van der Waals surface area contributed by atoms with E-state index in [2.05, 4.69) is 44.6 Å². The maximum Gasteiger partial charge on any atom is 0.191 e. The van der Waals surface area contributed by atoms with Crippen LogP contribution in [0.1, 0.15) is 58.2 Å². The van der Waals surface area contributed by atoms with E-state index in [0.29, 0.717) is 19.1 Å². The highest BCUT2D eigenvalue weighted by Crippen LogP contribution is 2.28. The van der Waals surface area contributed by atoms with Gasteiger partial charge in [0.1, 0.15) is 0 Å². The number of guanidine groups is 1. The van der Waals surface area contributed by atoms with Gasteiger partial charge in [-0.05, 0) is 39.7 Å². The minimum Gasteiger partial charge on any atom is -0.377 e. The summed E-state index contributed by atoms with van der Waals surface area (Å²) in [5.74, 6) is 0.799. The van der Waals surface area contributed by atoms with Crippen LogP contribution >= 0.6 is 24.0 Å². The molecule has 138 valence electrons. The van der Waals surface area contributed by atoms with E-state index in [1.807, 2.05) is 13.8 Å². The van der Waals surface area contributed by atoms with Crippen molar-refractivity contribution in [3.05, 3.63) is 18.0 Å². The summed E-state index contributed by atoms with van der Waals surface area (Å²) in [7, 11) is 1.72. The van der Waals surface area contributed by atoms with Gasteiger partial charge in [-0.1, -0.05) is 12.8 Å². The average molecular weight is 449 g/mol. The lowest BCUT2D eigenvalue weighted by Crippen LogP contribution is -2.45. The number of methoxy groups -OCH3 is 1. The summed E-state index contributed by atoms with van der Waals surface area (Å²) in [6.07, 6.45) is 7.24. The molecule has 6 nitrogen and oxygen atoms in total. The van der Waals surface area contributed by atoms with Gasteiger partial charge in [-0.25, -0.2) is 4.99 Å². The molecule has 24 heavy (non-hydrogen) atoms. The van der Waals surface area contributed by atoms with Crippen LogP contribution in [0.25, 0.3) is 0 Å². The van der Waals surface area contributed by atoms with E-state index in [0.717, 1.165) is 18.2 Å². The largest absolute Gasteiger partial charge is 0.377 e. The first-order valence-electron chi connectivity index (χ1n) is 8.65. The van der Waals surface area contributed by atoms with Gasteiger partial charge in [-0.2, -0.15) is 5.10 Å². The Morgan fingerprint density at radius 1 is 1.38 bits per heavy atom. The number of aromatic nitrogens is 2. The van der Waals surface area contributed by atoms with E-state index in [1.54, 1.807) is 7.11 Å². The maximum absolute atomic E-state index is 5.43. The predicted octanol–water partition coefficient (Wildman–Crippen LogP) is 3.10. The summed E-state index contributed by atoms with van der Waals surface area (Å²) >= 11 is 0.